The number of carbonyl (C=O) groups is 5. The van der Waals surface area contributed by atoms with E-state index in [0.29, 0.717) is 5.56 Å². The van der Waals surface area contributed by atoms with Crippen molar-refractivity contribution in [3.63, 3.8) is 0 Å². The second-order valence-corrected chi connectivity index (χ2v) is 14.1. The van der Waals surface area contributed by atoms with Crippen LogP contribution in [0.3, 0.4) is 0 Å². The number of carbonyl (C=O) groups excluding carboxylic acids is 5. The van der Waals surface area contributed by atoms with Crippen molar-refractivity contribution in [1.29, 1.82) is 0 Å². The first kappa shape index (κ1) is 35.8. The predicted octanol–water partition coefficient (Wildman–Crippen LogP) is 5.75. The summed E-state index contributed by atoms with van der Waals surface area (Å²) in [5.41, 5.74) is -3.54. The minimum Gasteiger partial charge on any atom is -0.461 e. The molecule has 0 N–H and O–H groups in total. The average Bonchev–Trinajstić information content (AvgIpc) is 3.28. The minimum absolute atomic E-state index is 0.0558. The molecule has 11 nitrogen and oxygen atoms in total. The maximum absolute atomic E-state index is 13.9. The maximum Gasteiger partial charge on any atom is 0.338 e. The maximum atomic E-state index is 13.9. The summed E-state index contributed by atoms with van der Waals surface area (Å²) in [4.78, 5) is 67.2. The Kier molecular flexibility index (Phi) is 9.78. The molecule has 0 radical (unpaired) electrons. The summed E-state index contributed by atoms with van der Waals surface area (Å²) in [6, 6.07) is 25.2. The Hall–Kier alpha value is -5.03. The van der Waals surface area contributed by atoms with Crippen molar-refractivity contribution in [3.8, 4) is 0 Å². The van der Waals surface area contributed by atoms with Gasteiger partial charge in [0.2, 0.25) is 0 Å². The molecule has 3 aliphatic rings. The van der Waals surface area contributed by atoms with E-state index in [1.54, 1.807) is 91.0 Å². The van der Waals surface area contributed by atoms with Crippen LogP contribution in [0.1, 0.15) is 78.5 Å². The lowest BCUT2D eigenvalue weighted by Crippen LogP contribution is -2.78. The van der Waals surface area contributed by atoms with E-state index in [4.69, 9.17) is 28.4 Å². The fourth-order valence-electron chi connectivity index (χ4n) is 8.58. The molecule has 1 aliphatic heterocycles. The van der Waals surface area contributed by atoms with Crippen LogP contribution >= 0.6 is 0 Å². The molecule has 51 heavy (non-hydrogen) atoms. The number of hydrogen-bond donors (Lipinski definition) is 0. The third-order valence-electron chi connectivity index (χ3n) is 10.6. The lowest BCUT2D eigenvalue weighted by atomic mass is 9.47. The van der Waals surface area contributed by atoms with E-state index in [1.807, 2.05) is 20.8 Å². The molecular weight excluding hydrogens is 656 g/mol. The van der Waals surface area contributed by atoms with Gasteiger partial charge in [-0.2, -0.15) is 0 Å². The van der Waals surface area contributed by atoms with Crippen molar-refractivity contribution < 1.29 is 52.4 Å². The standard InChI is InChI=1S/C40H42O11/c1-24-21-31(47-25(2)41)34(48-26(3)42)39(23-46-35(43)27-15-9-6-10-16-27)32(49-36(44)28-17-11-7-12-18-28)22-30-33(40(24,39)51-38(30,4)5)50-37(45)29-19-13-8-14-20-29/h6-20,24,30-34H,21-23H2,1-5H3/t24-,30-,31+,32+,33-,34+,39-,40-/m1/s1. The molecule has 1 saturated heterocycles. The summed E-state index contributed by atoms with van der Waals surface area (Å²) < 4.78 is 38.1. The van der Waals surface area contributed by atoms with Gasteiger partial charge in [0.05, 0.1) is 22.3 Å². The highest BCUT2D eigenvalue weighted by atomic mass is 16.6. The third kappa shape index (κ3) is 6.39. The summed E-state index contributed by atoms with van der Waals surface area (Å²) in [6.45, 7) is 7.52. The van der Waals surface area contributed by atoms with E-state index in [9.17, 15) is 24.0 Å². The van der Waals surface area contributed by atoms with Crippen molar-refractivity contribution in [2.24, 2.45) is 17.3 Å². The number of hydrogen-bond acceptors (Lipinski definition) is 11. The highest BCUT2D eigenvalue weighted by Crippen LogP contribution is 2.68. The molecule has 0 aromatic heterocycles. The Balaban J connectivity index is 1.58. The van der Waals surface area contributed by atoms with E-state index in [2.05, 4.69) is 0 Å². The van der Waals surface area contributed by atoms with Gasteiger partial charge in [-0.1, -0.05) is 61.5 Å². The van der Waals surface area contributed by atoms with Crippen LogP contribution in [0.15, 0.2) is 91.0 Å². The average molecular weight is 699 g/mol. The van der Waals surface area contributed by atoms with Crippen LogP contribution in [0.2, 0.25) is 0 Å². The quantitative estimate of drug-likeness (QED) is 0.199. The van der Waals surface area contributed by atoms with Gasteiger partial charge in [-0.15, -0.1) is 0 Å². The van der Waals surface area contributed by atoms with E-state index >= 15 is 0 Å². The van der Waals surface area contributed by atoms with Crippen molar-refractivity contribution in [2.45, 2.75) is 83.1 Å². The molecule has 1 spiro atoms. The van der Waals surface area contributed by atoms with Crippen molar-refractivity contribution >= 4 is 29.8 Å². The molecule has 3 fully saturated rings. The molecule has 0 amide bonds. The third-order valence-corrected chi connectivity index (χ3v) is 10.6. The molecule has 11 heteroatoms. The zero-order chi connectivity index (χ0) is 36.6. The van der Waals surface area contributed by atoms with Crippen LogP contribution in [-0.2, 0) is 38.0 Å². The Morgan fingerprint density at radius 1 is 0.647 bits per heavy atom. The Labute approximate surface area is 296 Å². The molecule has 2 bridgehead atoms. The van der Waals surface area contributed by atoms with Gasteiger partial charge in [0.1, 0.15) is 35.9 Å². The monoisotopic (exact) mass is 698 g/mol. The van der Waals surface area contributed by atoms with Crippen molar-refractivity contribution in [1.82, 2.24) is 0 Å². The fourth-order valence-corrected chi connectivity index (χ4v) is 8.58. The second-order valence-electron chi connectivity index (χ2n) is 14.1. The summed E-state index contributed by atoms with van der Waals surface area (Å²) in [6.07, 6.45) is -4.44. The summed E-state index contributed by atoms with van der Waals surface area (Å²) in [5, 5.41) is 0. The smallest absolute Gasteiger partial charge is 0.338 e. The number of ether oxygens (including phenoxy) is 6. The van der Waals surface area contributed by atoms with E-state index in [0.717, 1.165) is 0 Å². The highest BCUT2D eigenvalue weighted by Gasteiger charge is 2.83. The largest absolute Gasteiger partial charge is 0.461 e. The van der Waals surface area contributed by atoms with Gasteiger partial charge in [0, 0.05) is 19.8 Å². The van der Waals surface area contributed by atoms with Crippen LogP contribution < -0.4 is 0 Å². The molecule has 3 aromatic carbocycles. The first-order valence-corrected chi connectivity index (χ1v) is 17.1. The van der Waals surface area contributed by atoms with E-state index in [-0.39, 0.29) is 24.0 Å². The summed E-state index contributed by atoms with van der Waals surface area (Å²) in [5.74, 6) is -4.48. The molecule has 268 valence electrons. The number of rotatable bonds is 9. The number of benzene rings is 3. The zero-order valence-corrected chi connectivity index (χ0v) is 29.2. The molecular formula is C40H42O11. The lowest BCUT2D eigenvalue weighted by molar-refractivity contribution is -0.316. The second kappa shape index (κ2) is 13.9. The van der Waals surface area contributed by atoms with Crippen LogP contribution in [0.25, 0.3) is 0 Å². The lowest BCUT2D eigenvalue weighted by Gasteiger charge is -2.63. The summed E-state index contributed by atoms with van der Waals surface area (Å²) >= 11 is 0. The van der Waals surface area contributed by atoms with Gasteiger partial charge in [0.15, 0.2) is 6.10 Å². The molecule has 6 rings (SSSR count). The Bertz CT molecular complexity index is 1780. The van der Waals surface area contributed by atoms with Gasteiger partial charge in [0.25, 0.3) is 0 Å². The molecule has 8 atom stereocenters. The Morgan fingerprint density at radius 3 is 1.65 bits per heavy atom. The Morgan fingerprint density at radius 2 is 1.14 bits per heavy atom. The zero-order valence-electron chi connectivity index (χ0n) is 29.2. The fraction of sp³-hybridized carbons (Fsp3) is 0.425. The topological polar surface area (TPSA) is 141 Å². The van der Waals surface area contributed by atoms with Gasteiger partial charge in [-0.25, -0.2) is 14.4 Å². The van der Waals surface area contributed by atoms with Crippen LogP contribution in [-0.4, -0.2) is 72.1 Å². The molecule has 2 saturated carbocycles. The van der Waals surface area contributed by atoms with Gasteiger partial charge in [-0.3, -0.25) is 9.59 Å². The van der Waals surface area contributed by atoms with Crippen molar-refractivity contribution in [2.75, 3.05) is 6.61 Å². The molecule has 2 aliphatic carbocycles. The van der Waals surface area contributed by atoms with Gasteiger partial charge in [-0.05, 0) is 69.0 Å². The normalized spacial score (nSPS) is 30.2. The van der Waals surface area contributed by atoms with E-state index < -0.39 is 89.3 Å². The molecule has 1 heterocycles. The van der Waals surface area contributed by atoms with Crippen molar-refractivity contribution in [3.05, 3.63) is 108 Å². The predicted molar refractivity (Wildman–Crippen MR) is 181 cm³/mol. The van der Waals surface area contributed by atoms with Gasteiger partial charge >= 0.3 is 29.8 Å². The highest BCUT2D eigenvalue weighted by molar-refractivity contribution is 5.91. The summed E-state index contributed by atoms with van der Waals surface area (Å²) in [7, 11) is 0. The molecule has 0 unspecified atom stereocenters. The van der Waals surface area contributed by atoms with E-state index in [1.165, 1.54) is 13.8 Å². The van der Waals surface area contributed by atoms with Crippen LogP contribution in [0.4, 0.5) is 0 Å². The molecule has 3 aromatic rings. The SMILES string of the molecule is CC(=O)O[C@H]1C[C@@H](C)[C@]23OC(C)(C)[C@H](C[C@H](OC(=O)c4ccccc4)[C@]2(COC(=O)c2ccccc2)[C@H]1OC(C)=O)[C@H]3OC(=O)c1ccccc1. The number of fused-ring (bicyclic) bond motifs is 1. The number of esters is 5. The van der Waals surface area contributed by atoms with Crippen LogP contribution in [0, 0.1) is 17.3 Å². The first-order chi connectivity index (χ1) is 24.3. The minimum atomic E-state index is -1.77. The van der Waals surface area contributed by atoms with Gasteiger partial charge < -0.3 is 28.4 Å². The first-order valence-electron chi connectivity index (χ1n) is 17.1. The van der Waals surface area contributed by atoms with Crippen LogP contribution in [0.5, 0.6) is 0 Å².